The monoisotopic (exact) mass is 314 g/mol. The molecule has 0 aromatic heterocycles. The van der Waals surface area contributed by atoms with E-state index < -0.39 is 10.0 Å². The van der Waals surface area contributed by atoms with Crippen molar-refractivity contribution >= 4 is 10.0 Å². The van der Waals surface area contributed by atoms with Gasteiger partial charge in [0, 0.05) is 19.1 Å². The number of hydrogen-bond acceptors (Lipinski definition) is 5. The summed E-state index contributed by atoms with van der Waals surface area (Å²) >= 11 is 0. The lowest BCUT2D eigenvalue weighted by Gasteiger charge is -2.24. The largest absolute Gasteiger partial charge is 0.497 e. The first-order chi connectivity index (χ1) is 9.94. The molecule has 0 amide bonds. The fourth-order valence-corrected chi connectivity index (χ4v) is 4.02. The molecule has 1 aromatic rings. The van der Waals surface area contributed by atoms with Crippen molar-refractivity contribution in [2.45, 2.75) is 24.8 Å². The quantitative estimate of drug-likeness (QED) is 0.831. The molecule has 7 heteroatoms. The predicted molar refractivity (Wildman–Crippen MR) is 80.3 cm³/mol. The fourth-order valence-electron chi connectivity index (χ4n) is 2.49. The molecule has 0 radical (unpaired) electrons. The topological polar surface area (TPSA) is 76.7 Å². The molecule has 0 bridgehead atoms. The maximum absolute atomic E-state index is 12.5. The van der Waals surface area contributed by atoms with Gasteiger partial charge in [-0.3, -0.25) is 0 Å². The second-order valence-electron chi connectivity index (χ2n) is 5.17. The van der Waals surface area contributed by atoms with Crippen LogP contribution in [-0.2, 0) is 14.8 Å². The zero-order valence-electron chi connectivity index (χ0n) is 12.6. The zero-order valence-corrected chi connectivity index (χ0v) is 13.4. The van der Waals surface area contributed by atoms with E-state index in [4.69, 9.17) is 9.47 Å². The van der Waals surface area contributed by atoms with Crippen LogP contribution in [0.25, 0.3) is 0 Å². The Kier molecular flexibility index (Phi) is 5.21. The molecule has 2 N–H and O–H groups in total. The highest BCUT2D eigenvalue weighted by Gasteiger charge is 2.22. The van der Waals surface area contributed by atoms with Gasteiger partial charge in [-0.1, -0.05) is 0 Å². The highest BCUT2D eigenvalue weighted by Crippen LogP contribution is 2.25. The van der Waals surface area contributed by atoms with Crippen molar-refractivity contribution in [3.63, 3.8) is 0 Å². The molecule has 1 heterocycles. The maximum Gasteiger partial charge on any atom is 0.241 e. The smallest absolute Gasteiger partial charge is 0.241 e. The van der Waals surface area contributed by atoms with Gasteiger partial charge in [0.1, 0.15) is 5.75 Å². The van der Waals surface area contributed by atoms with Gasteiger partial charge < -0.3 is 14.8 Å². The van der Waals surface area contributed by atoms with Crippen molar-refractivity contribution in [3.05, 3.63) is 23.3 Å². The summed E-state index contributed by atoms with van der Waals surface area (Å²) in [6.07, 6.45) is 0. The predicted octanol–water partition coefficient (Wildman–Crippen LogP) is 0.579. The van der Waals surface area contributed by atoms with E-state index in [2.05, 4.69) is 10.0 Å². The van der Waals surface area contributed by atoms with E-state index in [0.29, 0.717) is 41.5 Å². The summed E-state index contributed by atoms with van der Waals surface area (Å²) in [5.41, 5.74) is 1.35. The van der Waals surface area contributed by atoms with E-state index in [1.165, 1.54) is 0 Å². The first-order valence-corrected chi connectivity index (χ1v) is 8.38. The van der Waals surface area contributed by atoms with Crippen molar-refractivity contribution in [1.29, 1.82) is 0 Å². The van der Waals surface area contributed by atoms with E-state index >= 15 is 0 Å². The number of rotatable bonds is 5. The fraction of sp³-hybridized carbons (Fsp3) is 0.571. The molecule has 0 saturated carbocycles. The summed E-state index contributed by atoms with van der Waals surface area (Å²) in [4.78, 5) is 0.319. The molecule has 1 aliphatic rings. The van der Waals surface area contributed by atoms with Gasteiger partial charge in [0.15, 0.2) is 0 Å². The molecule has 1 fully saturated rings. The van der Waals surface area contributed by atoms with Crippen LogP contribution in [0.2, 0.25) is 0 Å². The second kappa shape index (κ2) is 6.74. The van der Waals surface area contributed by atoms with E-state index in [1.807, 2.05) is 0 Å². The van der Waals surface area contributed by atoms with E-state index in [-0.39, 0.29) is 6.04 Å². The lowest BCUT2D eigenvalue weighted by molar-refractivity contribution is 0.0784. The number of nitrogens with one attached hydrogen (secondary N) is 2. The third-order valence-corrected chi connectivity index (χ3v) is 5.18. The van der Waals surface area contributed by atoms with Crippen LogP contribution >= 0.6 is 0 Å². The molecular formula is C14H22N2O4S. The minimum atomic E-state index is -3.55. The highest BCUT2D eigenvalue weighted by molar-refractivity contribution is 7.89. The third kappa shape index (κ3) is 3.94. The van der Waals surface area contributed by atoms with Crippen LogP contribution in [0.15, 0.2) is 17.0 Å². The Morgan fingerprint density at radius 3 is 2.57 bits per heavy atom. The minimum Gasteiger partial charge on any atom is -0.497 e. The number of ether oxygens (including phenoxy) is 2. The van der Waals surface area contributed by atoms with Gasteiger partial charge in [-0.15, -0.1) is 0 Å². The standard InChI is InChI=1S/C14H22N2O4S/c1-10-6-13(19-3)7-11(2)14(10)21(17,18)16-8-12-9-20-5-4-15-12/h6-7,12,15-16H,4-5,8-9H2,1-3H3. The van der Waals surface area contributed by atoms with Gasteiger partial charge in [0.2, 0.25) is 10.0 Å². The molecule has 1 unspecified atom stereocenters. The van der Waals surface area contributed by atoms with Crippen molar-refractivity contribution in [2.75, 3.05) is 33.4 Å². The second-order valence-corrected chi connectivity index (χ2v) is 6.87. The first-order valence-electron chi connectivity index (χ1n) is 6.90. The summed E-state index contributed by atoms with van der Waals surface area (Å²) in [7, 11) is -1.98. The highest BCUT2D eigenvalue weighted by atomic mass is 32.2. The van der Waals surface area contributed by atoms with Crippen LogP contribution in [0.1, 0.15) is 11.1 Å². The molecule has 1 saturated heterocycles. The van der Waals surface area contributed by atoms with Gasteiger partial charge in [-0.2, -0.15) is 0 Å². The number of sulfonamides is 1. The summed E-state index contributed by atoms with van der Waals surface area (Å²) in [6.45, 7) is 5.78. The number of methoxy groups -OCH3 is 1. The molecule has 1 aromatic carbocycles. The maximum atomic E-state index is 12.5. The van der Waals surface area contributed by atoms with Gasteiger partial charge in [0.25, 0.3) is 0 Å². The Balaban J connectivity index is 2.15. The van der Waals surface area contributed by atoms with Crippen LogP contribution in [0.4, 0.5) is 0 Å². The Labute approximate surface area is 125 Å². The Hall–Kier alpha value is -1.15. The summed E-state index contributed by atoms with van der Waals surface area (Å²) < 4.78 is 38.1. The third-order valence-electron chi connectivity index (χ3n) is 3.46. The lowest BCUT2D eigenvalue weighted by Crippen LogP contribution is -2.48. The number of benzene rings is 1. The summed E-state index contributed by atoms with van der Waals surface area (Å²) in [6, 6.07) is 3.46. The molecule has 6 nitrogen and oxygen atoms in total. The molecule has 2 rings (SSSR count). The van der Waals surface area contributed by atoms with Crippen molar-refractivity contribution in [2.24, 2.45) is 0 Å². The number of morpholine rings is 1. The van der Waals surface area contributed by atoms with Crippen molar-refractivity contribution in [1.82, 2.24) is 10.0 Å². The Morgan fingerprint density at radius 1 is 1.38 bits per heavy atom. The van der Waals surface area contributed by atoms with Crippen LogP contribution in [0.3, 0.4) is 0 Å². The molecule has 0 aliphatic carbocycles. The van der Waals surface area contributed by atoms with E-state index in [1.54, 1.807) is 33.1 Å². The van der Waals surface area contributed by atoms with Crippen molar-refractivity contribution < 1.29 is 17.9 Å². The average molecular weight is 314 g/mol. The molecule has 1 aliphatic heterocycles. The average Bonchev–Trinajstić information content (AvgIpc) is 2.45. The van der Waals surface area contributed by atoms with Gasteiger partial charge in [0.05, 0.1) is 25.2 Å². The molecule has 21 heavy (non-hydrogen) atoms. The normalized spacial score (nSPS) is 19.5. The minimum absolute atomic E-state index is 0.00684. The SMILES string of the molecule is COc1cc(C)c(S(=O)(=O)NCC2COCCN2)c(C)c1. The van der Waals surface area contributed by atoms with Crippen LogP contribution in [0, 0.1) is 13.8 Å². The van der Waals surface area contributed by atoms with E-state index in [0.717, 1.165) is 6.54 Å². The Morgan fingerprint density at radius 2 is 2.05 bits per heavy atom. The first kappa shape index (κ1) is 16.2. The van der Waals surface area contributed by atoms with Gasteiger partial charge in [-0.25, -0.2) is 13.1 Å². The van der Waals surface area contributed by atoms with Crippen molar-refractivity contribution in [3.8, 4) is 5.75 Å². The van der Waals surface area contributed by atoms with E-state index in [9.17, 15) is 8.42 Å². The molecule has 1 atom stereocenters. The summed E-state index contributed by atoms with van der Waals surface area (Å²) in [5, 5.41) is 3.22. The van der Waals surface area contributed by atoms with Gasteiger partial charge >= 0.3 is 0 Å². The molecule has 118 valence electrons. The number of aryl methyl sites for hydroxylation is 2. The van der Waals surface area contributed by atoms with Crippen LogP contribution in [0.5, 0.6) is 5.75 Å². The van der Waals surface area contributed by atoms with Gasteiger partial charge in [-0.05, 0) is 37.1 Å². The lowest BCUT2D eigenvalue weighted by atomic mass is 10.1. The molecular weight excluding hydrogens is 292 g/mol. The number of hydrogen-bond donors (Lipinski definition) is 2. The van der Waals surface area contributed by atoms with Crippen LogP contribution < -0.4 is 14.8 Å². The molecule has 0 spiro atoms. The summed E-state index contributed by atoms with van der Waals surface area (Å²) in [5.74, 6) is 0.659. The Bertz CT molecular complexity index is 572. The zero-order chi connectivity index (χ0) is 15.5. The van der Waals surface area contributed by atoms with Crippen LogP contribution in [-0.4, -0.2) is 47.9 Å².